The molecule has 1 unspecified atom stereocenters. The Morgan fingerprint density at radius 2 is 2.04 bits per heavy atom. The zero-order chi connectivity index (χ0) is 15.8. The predicted octanol–water partition coefficient (Wildman–Crippen LogP) is 2.81. The van der Waals surface area contributed by atoms with E-state index in [0.29, 0.717) is 18.0 Å². The van der Waals surface area contributed by atoms with Gasteiger partial charge in [-0.25, -0.2) is 0 Å². The molecule has 1 aliphatic heterocycles. The highest BCUT2D eigenvalue weighted by molar-refractivity contribution is 6.15. The highest BCUT2D eigenvalue weighted by atomic mass is 16.2. The van der Waals surface area contributed by atoms with Gasteiger partial charge in [-0.2, -0.15) is 0 Å². The van der Waals surface area contributed by atoms with Gasteiger partial charge in [0, 0.05) is 24.7 Å². The molecule has 4 rings (SSSR count). The first kappa shape index (κ1) is 14.2. The Morgan fingerprint density at radius 3 is 2.87 bits per heavy atom. The van der Waals surface area contributed by atoms with Gasteiger partial charge in [0.05, 0.1) is 11.1 Å². The van der Waals surface area contributed by atoms with Crippen molar-refractivity contribution in [2.45, 2.75) is 6.42 Å². The lowest BCUT2D eigenvalue weighted by molar-refractivity contribution is 0.0789. The van der Waals surface area contributed by atoms with E-state index >= 15 is 0 Å². The van der Waals surface area contributed by atoms with Gasteiger partial charge in [-0.3, -0.25) is 9.78 Å². The molecule has 0 bridgehead atoms. The van der Waals surface area contributed by atoms with Crippen LogP contribution in [-0.2, 0) is 0 Å². The van der Waals surface area contributed by atoms with Crippen LogP contribution in [0, 0.1) is 5.92 Å². The fraction of sp³-hybridized carbons (Fsp3) is 0.263. The second-order valence-electron chi connectivity index (χ2n) is 6.19. The lowest BCUT2D eigenvalue weighted by Gasteiger charge is -2.18. The van der Waals surface area contributed by atoms with Gasteiger partial charge in [-0.15, -0.1) is 0 Å². The number of nitrogens with zero attached hydrogens (tertiary/aromatic N) is 2. The maximum atomic E-state index is 13.0. The number of rotatable bonds is 2. The summed E-state index contributed by atoms with van der Waals surface area (Å²) in [5.74, 6) is 0.481. The number of fused-ring (bicyclic) bond motifs is 3. The van der Waals surface area contributed by atoms with Crippen molar-refractivity contribution >= 4 is 27.6 Å². The molecule has 4 heteroatoms. The molecule has 2 heterocycles. The van der Waals surface area contributed by atoms with Crippen LogP contribution in [0.4, 0.5) is 0 Å². The van der Waals surface area contributed by atoms with E-state index in [9.17, 15) is 4.79 Å². The van der Waals surface area contributed by atoms with Crippen LogP contribution in [0.2, 0.25) is 0 Å². The molecule has 1 amide bonds. The van der Waals surface area contributed by atoms with E-state index in [2.05, 4.69) is 11.1 Å². The van der Waals surface area contributed by atoms with E-state index in [1.807, 2.05) is 41.3 Å². The number of carbonyl (C=O) groups is 1. The number of pyridine rings is 1. The van der Waals surface area contributed by atoms with Crippen LogP contribution >= 0.6 is 0 Å². The molecule has 0 spiro atoms. The van der Waals surface area contributed by atoms with Crippen LogP contribution in [0.5, 0.6) is 0 Å². The van der Waals surface area contributed by atoms with E-state index in [-0.39, 0.29) is 5.91 Å². The molecule has 1 atom stereocenters. The average molecular weight is 305 g/mol. The van der Waals surface area contributed by atoms with E-state index < -0.39 is 0 Å². The summed E-state index contributed by atoms with van der Waals surface area (Å²) in [5.41, 5.74) is 7.23. The van der Waals surface area contributed by atoms with Gasteiger partial charge in [0.15, 0.2) is 0 Å². The van der Waals surface area contributed by atoms with E-state index in [4.69, 9.17) is 5.73 Å². The van der Waals surface area contributed by atoms with Crippen molar-refractivity contribution in [3.8, 4) is 0 Å². The molecule has 0 saturated carbocycles. The minimum absolute atomic E-state index is 0.0652. The minimum Gasteiger partial charge on any atom is -0.338 e. The number of carbonyl (C=O) groups excluding carboxylic acids is 1. The summed E-state index contributed by atoms with van der Waals surface area (Å²) in [5, 5.41) is 3.24. The summed E-state index contributed by atoms with van der Waals surface area (Å²) in [4.78, 5) is 19.4. The Bertz CT molecular complexity index is 890. The standard InChI is InChI=1S/C19H19N3O/c20-11-13-7-9-22(12-13)19(23)17-10-14-4-1-2-5-15(14)16-6-3-8-21-18(16)17/h1-6,8,10,13H,7,9,11-12,20H2. The van der Waals surface area contributed by atoms with Crippen LogP contribution in [0.25, 0.3) is 21.7 Å². The lowest BCUT2D eigenvalue weighted by atomic mass is 10.00. The summed E-state index contributed by atoms with van der Waals surface area (Å²) in [7, 11) is 0. The molecule has 1 aliphatic rings. The van der Waals surface area contributed by atoms with Crippen molar-refractivity contribution in [1.82, 2.24) is 9.88 Å². The third-order valence-corrected chi connectivity index (χ3v) is 4.75. The van der Waals surface area contributed by atoms with Gasteiger partial charge in [0.2, 0.25) is 0 Å². The number of benzene rings is 2. The third-order valence-electron chi connectivity index (χ3n) is 4.75. The fourth-order valence-corrected chi connectivity index (χ4v) is 3.47. The van der Waals surface area contributed by atoms with Crippen LogP contribution in [0.15, 0.2) is 48.7 Å². The number of likely N-dealkylation sites (tertiary alicyclic amines) is 1. The van der Waals surface area contributed by atoms with Crippen LogP contribution in [0.1, 0.15) is 16.8 Å². The lowest BCUT2D eigenvalue weighted by Crippen LogP contribution is -2.30. The van der Waals surface area contributed by atoms with Crippen molar-refractivity contribution < 1.29 is 4.79 Å². The van der Waals surface area contributed by atoms with Crippen molar-refractivity contribution in [2.75, 3.05) is 19.6 Å². The van der Waals surface area contributed by atoms with Gasteiger partial charge in [0.25, 0.3) is 5.91 Å². The molecule has 116 valence electrons. The molecule has 2 aromatic carbocycles. The number of hydrogen-bond donors (Lipinski definition) is 1. The average Bonchev–Trinajstić information content (AvgIpc) is 3.09. The zero-order valence-corrected chi connectivity index (χ0v) is 12.9. The predicted molar refractivity (Wildman–Crippen MR) is 92.3 cm³/mol. The Hall–Kier alpha value is -2.46. The maximum absolute atomic E-state index is 13.0. The highest BCUT2D eigenvalue weighted by Crippen LogP contribution is 2.29. The van der Waals surface area contributed by atoms with Crippen LogP contribution < -0.4 is 5.73 Å². The van der Waals surface area contributed by atoms with Gasteiger partial charge in [-0.1, -0.05) is 30.3 Å². The zero-order valence-electron chi connectivity index (χ0n) is 12.9. The summed E-state index contributed by atoms with van der Waals surface area (Å²) in [6, 6.07) is 14.1. The van der Waals surface area contributed by atoms with Crippen LogP contribution in [0.3, 0.4) is 0 Å². The molecule has 4 nitrogen and oxygen atoms in total. The van der Waals surface area contributed by atoms with Gasteiger partial charge < -0.3 is 10.6 Å². The number of hydrogen-bond acceptors (Lipinski definition) is 3. The first-order valence-corrected chi connectivity index (χ1v) is 8.04. The van der Waals surface area contributed by atoms with E-state index in [1.165, 1.54) is 0 Å². The summed E-state index contributed by atoms with van der Waals surface area (Å²) in [6.45, 7) is 2.17. The smallest absolute Gasteiger partial charge is 0.256 e. The largest absolute Gasteiger partial charge is 0.338 e. The van der Waals surface area contributed by atoms with Crippen molar-refractivity contribution in [3.63, 3.8) is 0 Å². The van der Waals surface area contributed by atoms with E-state index in [1.54, 1.807) is 6.20 Å². The van der Waals surface area contributed by atoms with E-state index in [0.717, 1.165) is 41.2 Å². The maximum Gasteiger partial charge on any atom is 0.256 e. The first-order valence-electron chi connectivity index (χ1n) is 8.04. The van der Waals surface area contributed by atoms with Crippen LogP contribution in [-0.4, -0.2) is 35.4 Å². The third kappa shape index (κ3) is 2.35. The normalized spacial score (nSPS) is 18.0. The summed E-state index contributed by atoms with van der Waals surface area (Å²) in [6.07, 6.45) is 2.74. The molecular formula is C19H19N3O. The SMILES string of the molecule is NCC1CCN(C(=O)c2cc3ccccc3c3cccnc23)C1. The molecule has 1 saturated heterocycles. The van der Waals surface area contributed by atoms with Gasteiger partial charge >= 0.3 is 0 Å². The fourth-order valence-electron chi connectivity index (χ4n) is 3.47. The molecular weight excluding hydrogens is 286 g/mol. The van der Waals surface area contributed by atoms with Crippen molar-refractivity contribution in [1.29, 1.82) is 0 Å². The number of aromatic nitrogens is 1. The van der Waals surface area contributed by atoms with Crippen molar-refractivity contribution in [2.24, 2.45) is 11.7 Å². The Labute approximate surface area is 134 Å². The number of nitrogens with two attached hydrogens (primary N) is 1. The molecule has 0 radical (unpaired) electrons. The minimum atomic E-state index is 0.0652. The molecule has 2 N–H and O–H groups in total. The Kier molecular flexibility index (Phi) is 3.46. The molecule has 0 aliphatic carbocycles. The highest BCUT2D eigenvalue weighted by Gasteiger charge is 2.27. The Morgan fingerprint density at radius 1 is 1.22 bits per heavy atom. The second-order valence-corrected chi connectivity index (χ2v) is 6.19. The Balaban J connectivity index is 1.87. The summed E-state index contributed by atoms with van der Waals surface area (Å²) >= 11 is 0. The molecule has 1 fully saturated rings. The van der Waals surface area contributed by atoms with Gasteiger partial charge in [0.1, 0.15) is 0 Å². The van der Waals surface area contributed by atoms with Crippen molar-refractivity contribution in [3.05, 3.63) is 54.2 Å². The summed E-state index contributed by atoms with van der Waals surface area (Å²) < 4.78 is 0. The van der Waals surface area contributed by atoms with Gasteiger partial charge in [-0.05, 0) is 41.8 Å². The molecule has 1 aromatic heterocycles. The first-order chi connectivity index (χ1) is 11.3. The quantitative estimate of drug-likeness (QED) is 0.741. The second kappa shape index (κ2) is 5.63. The topological polar surface area (TPSA) is 59.2 Å². The monoisotopic (exact) mass is 305 g/mol. The molecule has 23 heavy (non-hydrogen) atoms. The number of amides is 1. The molecule has 3 aromatic rings.